The van der Waals surface area contributed by atoms with Crippen molar-refractivity contribution in [1.82, 2.24) is 4.90 Å². The molecule has 114 valence electrons. The number of ether oxygens (including phenoxy) is 1. The Bertz CT molecular complexity index is 536. The highest BCUT2D eigenvalue weighted by atomic mass is 79.9. The van der Waals surface area contributed by atoms with E-state index in [9.17, 15) is 10.1 Å². The van der Waals surface area contributed by atoms with Gasteiger partial charge in [0.2, 0.25) is 0 Å². The van der Waals surface area contributed by atoms with Crippen molar-refractivity contribution < 1.29 is 9.66 Å². The Kier molecular flexibility index (Phi) is 4.57. The lowest BCUT2D eigenvalue weighted by atomic mass is 9.90. The summed E-state index contributed by atoms with van der Waals surface area (Å²) in [7, 11) is 0. The quantitative estimate of drug-likeness (QED) is 0.615. The second-order valence-corrected chi connectivity index (χ2v) is 6.53. The van der Waals surface area contributed by atoms with Crippen LogP contribution in [-0.4, -0.2) is 35.1 Å². The molecule has 2 fully saturated rings. The van der Waals surface area contributed by atoms with Gasteiger partial charge in [-0.2, -0.15) is 0 Å². The number of morpholine rings is 1. The number of hydrogen-bond donors (Lipinski definition) is 0. The molecular weight excluding hydrogens is 336 g/mol. The second-order valence-electron chi connectivity index (χ2n) is 5.74. The summed E-state index contributed by atoms with van der Waals surface area (Å²) >= 11 is 3.40. The molecule has 2 atom stereocenters. The Morgan fingerprint density at radius 3 is 3.00 bits per heavy atom. The summed E-state index contributed by atoms with van der Waals surface area (Å²) in [5.74, 6) is 0. The monoisotopic (exact) mass is 354 g/mol. The number of fused-ring (bicyclic) bond motifs is 1. The standard InChI is InChI=1S/C15H19BrN2O3/c16-15-11(4-3-6-13(15)18(19)20)10-17-8-9-21-14-7-2-1-5-12(14)17/h3-4,6,12,14H,1-2,5,7-10H2. The first-order valence-electron chi connectivity index (χ1n) is 7.44. The predicted octanol–water partition coefficient (Wildman–Crippen LogP) is 3.50. The van der Waals surface area contributed by atoms with Crippen LogP contribution in [0.25, 0.3) is 0 Å². The average Bonchev–Trinajstić information content (AvgIpc) is 2.49. The van der Waals surface area contributed by atoms with Crippen LogP contribution in [-0.2, 0) is 11.3 Å². The normalized spacial score (nSPS) is 26.3. The van der Waals surface area contributed by atoms with E-state index in [2.05, 4.69) is 20.8 Å². The summed E-state index contributed by atoms with van der Waals surface area (Å²) in [5, 5.41) is 11.0. The van der Waals surface area contributed by atoms with Crippen LogP contribution in [0.15, 0.2) is 22.7 Å². The SMILES string of the molecule is O=[N+]([O-])c1cccc(CN2CCOC3CCCCC32)c1Br. The molecule has 1 aromatic carbocycles. The van der Waals surface area contributed by atoms with Gasteiger partial charge in [-0.3, -0.25) is 15.0 Å². The van der Waals surface area contributed by atoms with Gasteiger partial charge in [-0.05, 0) is 34.3 Å². The van der Waals surface area contributed by atoms with Crippen molar-refractivity contribution in [3.05, 3.63) is 38.3 Å². The van der Waals surface area contributed by atoms with E-state index < -0.39 is 0 Å². The third-order valence-corrected chi connectivity index (χ3v) is 5.39. The van der Waals surface area contributed by atoms with Crippen molar-refractivity contribution in [3.8, 4) is 0 Å². The maximum atomic E-state index is 11.0. The molecule has 1 heterocycles. The number of hydrogen-bond acceptors (Lipinski definition) is 4. The lowest BCUT2D eigenvalue weighted by molar-refractivity contribution is -0.385. The van der Waals surface area contributed by atoms with Gasteiger partial charge in [0.05, 0.1) is 22.1 Å². The van der Waals surface area contributed by atoms with Crippen LogP contribution >= 0.6 is 15.9 Å². The first kappa shape index (κ1) is 14.9. The van der Waals surface area contributed by atoms with Gasteiger partial charge in [0.15, 0.2) is 0 Å². The maximum absolute atomic E-state index is 11.0. The Labute approximate surface area is 132 Å². The molecule has 0 spiro atoms. The number of nitrogens with zero attached hydrogens (tertiary/aromatic N) is 2. The van der Waals surface area contributed by atoms with E-state index in [1.165, 1.54) is 18.9 Å². The molecule has 2 unspecified atom stereocenters. The maximum Gasteiger partial charge on any atom is 0.283 e. The fourth-order valence-corrected chi connectivity index (χ4v) is 3.96. The Morgan fingerprint density at radius 1 is 1.38 bits per heavy atom. The average molecular weight is 355 g/mol. The Balaban J connectivity index is 1.79. The fourth-order valence-electron chi connectivity index (χ4n) is 3.42. The highest BCUT2D eigenvalue weighted by Gasteiger charge is 2.34. The van der Waals surface area contributed by atoms with Gasteiger partial charge in [0.1, 0.15) is 0 Å². The highest BCUT2D eigenvalue weighted by molar-refractivity contribution is 9.10. The zero-order valence-electron chi connectivity index (χ0n) is 11.8. The summed E-state index contributed by atoms with van der Waals surface area (Å²) in [4.78, 5) is 13.1. The molecule has 1 saturated carbocycles. The minimum absolute atomic E-state index is 0.140. The molecule has 1 aromatic rings. The largest absolute Gasteiger partial charge is 0.375 e. The van der Waals surface area contributed by atoms with Crippen molar-refractivity contribution in [2.45, 2.75) is 44.4 Å². The molecule has 0 N–H and O–H groups in total. The topological polar surface area (TPSA) is 55.6 Å². The van der Waals surface area contributed by atoms with Crippen LogP contribution in [0, 0.1) is 10.1 Å². The Hall–Kier alpha value is -0.980. The molecule has 1 aliphatic carbocycles. The van der Waals surface area contributed by atoms with E-state index in [1.54, 1.807) is 6.07 Å². The van der Waals surface area contributed by atoms with Gasteiger partial charge in [0, 0.05) is 25.2 Å². The smallest absolute Gasteiger partial charge is 0.283 e. The van der Waals surface area contributed by atoms with Crippen molar-refractivity contribution in [2.24, 2.45) is 0 Å². The summed E-state index contributed by atoms with van der Waals surface area (Å²) in [6.45, 7) is 2.40. The van der Waals surface area contributed by atoms with E-state index in [4.69, 9.17) is 4.74 Å². The van der Waals surface area contributed by atoms with Gasteiger partial charge < -0.3 is 4.74 Å². The zero-order chi connectivity index (χ0) is 14.8. The third kappa shape index (κ3) is 3.12. The molecule has 3 rings (SSSR count). The molecule has 0 amide bonds. The number of rotatable bonds is 3. The number of benzene rings is 1. The van der Waals surface area contributed by atoms with E-state index >= 15 is 0 Å². The van der Waals surface area contributed by atoms with E-state index in [0.29, 0.717) is 16.6 Å². The Morgan fingerprint density at radius 2 is 2.19 bits per heavy atom. The van der Waals surface area contributed by atoms with Crippen LogP contribution in [0.3, 0.4) is 0 Å². The van der Waals surface area contributed by atoms with E-state index in [-0.39, 0.29) is 10.6 Å². The zero-order valence-corrected chi connectivity index (χ0v) is 13.4. The third-order valence-electron chi connectivity index (χ3n) is 4.48. The van der Waals surface area contributed by atoms with E-state index in [0.717, 1.165) is 38.1 Å². The summed E-state index contributed by atoms with van der Waals surface area (Å²) in [6, 6.07) is 5.72. The van der Waals surface area contributed by atoms with Crippen LogP contribution in [0.5, 0.6) is 0 Å². The molecular formula is C15H19BrN2O3. The molecule has 0 aromatic heterocycles. The molecule has 0 bridgehead atoms. The molecule has 21 heavy (non-hydrogen) atoms. The molecule has 0 radical (unpaired) electrons. The van der Waals surface area contributed by atoms with Gasteiger partial charge >= 0.3 is 0 Å². The lowest BCUT2D eigenvalue weighted by Crippen LogP contribution is -2.52. The van der Waals surface area contributed by atoms with Gasteiger partial charge in [-0.25, -0.2) is 0 Å². The van der Waals surface area contributed by atoms with Crippen LogP contribution in [0.4, 0.5) is 5.69 Å². The molecule has 2 aliphatic rings. The molecule has 1 saturated heterocycles. The number of nitro groups is 1. The minimum atomic E-state index is -0.337. The molecule has 1 aliphatic heterocycles. The summed E-state index contributed by atoms with van der Waals surface area (Å²) in [6.07, 6.45) is 5.13. The van der Waals surface area contributed by atoms with Crippen molar-refractivity contribution in [3.63, 3.8) is 0 Å². The first-order chi connectivity index (χ1) is 10.2. The highest BCUT2D eigenvalue weighted by Crippen LogP contribution is 2.33. The number of halogens is 1. The molecule has 5 nitrogen and oxygen atoms in total. The fraction of sp³-hybridized carbons (Fsp3) is 0.600. The number of nitro benzene ring substituents is 1. The van der Waals surface area contributed by atoms with Gasteiger partial charge in [-0.1, -0.05) is 25.0 Å². The lowest BCUT2D eigenvalue weighted by Gasteiger charge is -2.44. The van der Waals surface area contributed by atoms with Gasteiger partial charge in [0.25, 0.3) is 5.69 Å². The second kappa shape index (κ2) is 6.42. The predicted molar refractivity (Wildman–Crippen MR) is 83.2 cm³/mol. The van der Waals surface area contributed by atoms with Crippen LogP contribution < -0.4 is 0 Å². The van der Waals surface area contributed by atoms with Crippen molar-refractivity contribution in [1.29, 1.82) is 0 Å². The first-order valence-corrected chi connectivity index (χ1v) is 8.23. The summed E-state index contributed by atoms with van der Waals surface area (Å²) < 4.78 is 6.49. The summed E-state index contributed by atoms with van der Waals surface area (Å²) in [5.41, 5.74) is 1.12. The van der Waals surface area contributed by atoms with Crippen LogP contribution in [0.1, 0.15) is 31.2 Å². The van der Waals surface area contributed by atoms with Crippen molar-refractivity contribution in [2.75, 3.05) is 13.2 Å². The molecule has 6 heteroatoms. The minimum Gasteiger partial charge on any atom is -0.375 e. The van der Waals surface area contributed by atoms with Gasteiger partial charge in [-0.15, -0.1) is 0 Å². The van der Waals surface area contributed by atoms with Crippen molar-refractivity contribution >= 4 is 21.6 Å². The van der Waals surface area contributed by atoms with E-state index in [1.807, 2.05) is 6.07 Å². The van der Waals surface area contributed by atoms with Crippen LogP contribution in [0.2, 0.25) is 0 Å².